The van der Waals surface area contributed by atoms with Crippen LogP contribution in [0.25, 0.3) is 11.3 Å². The van der Waals surface area contributed by atoms with Crippen molar-refractivity contribution in [1.29, 1.82) is 5.41 Å². The second-order valence-corrected chi connectivity index (χ2v) is 9.24. The first kappa shape index (κ1) is 25.5. The van der Waals surface area contributed by atoms with E-state index in [-0.39, 0.29) is 11.7 Å². The minimum atomic E-state index is -0.710. The van der Waals surface area contributed by atoms with Crippen LogP contribution in [0.3, 0.4) is 0 Å². The predicted molar refractivity (Wildman–Crippen MR) is 135 cm³/mol. The highest BCUT2D eigenvalue weighted by molar-refractivity contribution is 6.07. The number of carbonyl (C=O) groups excluding carboxylic acids is 1. The number of rotatable bonds is 10. The maximum Gasteiger partial charge on any atom is 0.144 e. The van der Waals surface area contributed by atoms with Crippen molar-refractivity contribution in [3.8, 4) is 23.1 Å². The number of hydrogen-bond donors (Lipinski definition) is 1. The molecule has 0 aliphatic heterocycles. The van der Waals surface area contributed by atoms with Crippen molar-refractivity contribution in [2.75, 3.05) is 0 Å². The molecule has 1 N–H and O–H groups in total. The second kappa shape index (κ2) is 11.2. The summed E-state index contributed by atoms with van der Waals surface area (Å²) in [4.78, 5) is 17.9. The highest BCUT2D eigenvalue weighted by Crippen LogP contribution is 2.33. The van der Waals surface area contributed by atoms with Crippen LogP contribution in [0.15, 0.2) is 30.3 Å². The monoisotopic (exact) mass is 430 g/mol. The van der Waals surface area contributed by atoms with E-state index in [4.69, 9.17) is 10.4 Å². The summed E-state index contributed by atoms with van der Waals surface area (Å²) in [6, 6.07) is 10.6. The van der Waals surface area contributed by atoms with E-state index in [0.29, 0.717) is 18.6 Å². The largest absolute Gasteiger partial charge is 0.309 e. The number of aromatic nitrogens is 1. The van der Waals surface area contributed by atoms with E-state index in [1.165, 1.54) is 5.56 Å². The van der Waals surface area contributed by atoms with Crippen LogP contribution in [0.2, 0.25) is 0 Å². The third kappa shape index (κ3) is 5.94. The molecule has 1 aromatic heterocycles. The summed E-state index contributed by atoms with van der Waals surface area (Å²) >= 11 is 0. The molecule has 1 unspecified atom stereocenters. The fraction of sp³-hybridized carbons (Fsp3) is 0.483. The van der Waals surface area contributed by atoms with Gasteiger partial charge in [-0.2, -0.15) is 0 Å². The van der Waals surface area contributed by atoms with Crippen molar-refractivity contribution in [2.24, 2.45) is 5.41 Å². The molecule has 0 radical (unpaired) electrons. The lowest BCUT2D eigenvalue weighted by Crippen LogP contribution is -2.33. The fourth-order valence-electron chi connectivity index (χ4n) is 3.97. The first-order valence-corrected chi connectivity index (χ1v) is 11.8. The molecule has 3 heteroatoms. The smallest absolute Gasteiger partial charge is 0.144 e. The summed E-state index contributed by atoms with van der Waals surface area (Å²) in [5, 5.41) is 8.20. The second-order valence-electron chi connectivity index (χ2n) is 9.24. The number of carbonyl (C=O) groups is 1. The molecule has 32 heavy (non-hydrogen) atoms. The Morgan fingerprint density at radius 3 is 2.53 bits per heavy atom. The molecule has 1 atom stereocenters. The number of pyridine rings is 1. The van der Waals surface area contributed by atoms with Gasteiger partial charge in [0.2, 0.25) is 0 Å². The van der Waals surface area contributed by atoms with Gasteiger partial charge < -0.3 is 5.41 Å². The van der Waals surface area contributed by atoms with Crippen LogP contribution < -0.4 is 0 Å². The van der Waals surface area contributed by atoms with Gasteiger partial charge in [-0.15, -0.1) is 0 Å². The molecule has 0 fully saturated rings. The molecule has 0 saturated carbocycles. The number of nitrogens with one attached hydrogen (secondary N) is 1. The Kier molecular flexibility index (Phi) is 8.96. The van der Waals surface area contributed by atoms with Gasteiger partial charge in [-0.3, -0.25) is 4.79 Å². The summed E-state index contributed by atoms with van der Waals surface area (Å²) < 4.78 is 0. The first-order valence-electron chi connectivity index (χ1n) is 11.8. The Morgan fingerprint density at radius 1 is 1.19 bits per heavy atom. The predicted octanol–water partition coefficient (Wildman–Crippen LogP) is 7.29. The molecule has 0 amide bonds. The van der Waals surface area contributed by atoms with Gasteiger partial charge in [0.15, 0.2) is 0 Å². The molecular formula is C29H38N2O. The number of Topliss-reactive ketones (excluding diaryl/α,β-unsaturated/α-hetero) is 1. The van der Waals surface area contributed by atoms with E-state index >= 15 is 0 Å². The summed E-state index contributed by atoms with van der Waals surface area (Å²) in [6.07, 6.45) is 4.30. The molecule has 0 saturated heterocycles. The number of aryl methyl sites for hydroxylation is 2. The van der Waals surface area contributed by atoms with Crippen LogP contribution in [0.4, 0.5) is 0 Å². The standard InChI is InChI=1S/C29H38N2O/c1-8-11-13-22-15-16-23(21(5)18-27(32)29(6,7)26(30)10-3)19-25(22)28-20(4)14-17-24(31-28)12-9-2/h14-17,19,21,30H,8,10-11,13,18H2,1-7H3. The number of hydrogen-bond acceptors (Lipinski definition) is 3. The molecule has 0 aliphatic carbocycles. The summed E-state index contributed by atoms with van der Waals surface area (Å²) in [6.45, 7) is 13.9. The normalized spacial score (nSPS) is 12.1. The first-order chi connectivity index (χ1) is 15.1. The zero-order chi connectivity index (χ0) is 23.9. The Morgan fingerprint density at radius 2 is 1.91 bits per heavy atom. The Labute approximate surface area is 194 Å². The number of unbranched alkanes of at least 4 members (excludes halogenated alkanes) is 1. The van der Waals surface area contributed by atoms with Crippen molar-refractivity contribution < 1.29 is 4.79 Å². The quantitative estimate of drug-likeness (QED) is 0.318. The highest BCUT2D eigenvalue weighted by Gasteiger charge is 2.32. The van der Waals surface area contributed by atoms with Crippen LogP contribution in [0, 0.1) is 29.6 Å². The van der Waals surface area contributed by atoms with Gasteiger partial charge in [-0.25, -0.2) is 4.98 Å². The molecule has 3 nitrogen and oxygen atoms in total. The molecule has 0 spiro atoms. The SMILES string of the molecule is CC#Cc1ccc(C)c(-c2cc(C(C)CC(=O)C(C)(C)C(=N)CC)ccc2CCCC)n1. The van der Waals surface area contributed by atoms with Gasteiger partial charge in [0.25, 0.3) is 0 Å². The van der Waals surface area contributed by atoms with E-state index in [2.05, 4.69) is 56.9 Å². The van der Waals surface area contributed by atoms with E-state index in [0.717, 1.165) is 47.3 Å². The minimum absolute atomic E-state index is 0.0735. The van der Waals surface area contributed by atoms with Crippen molar-refractivity contribution in [2.45, 2.75) is 86.5 Å². The van der Waals surface area contributed by atoms with Gasteiger partial charge in [-0.05, 0) is 87.6 Å². The molecule has 1 heterocycles. The topological polar surface area (TPSA) is 53.8 Å². The van der Waals surface area contributed by atoms with E-state index in [1.54, 1.807) is 0 Å². The lowest BCUT2D eigenvalue weighted by molar-refractivity contribution is -0.124. The summed E-state index contributed by atoms with van der Waals surface area (Å²) in [5.74, 6) is 6.22. The molecule has 2 aromatic rings. The number of benzene rings is 1. The lowest BCUT2D eigenvalue weighted by atomic mass is 9.77. The minimum Gasteiger partial charge on any atom is -0.309 e. The summed E-state index contributed by atoms with van der Waals surface area (Å²) in [5.41, 5.74) is 6.25. The zero-order valence-corrected chi connectivity index (χ0v) is 20.9. The van der Waals surface area contributed by atoms with Gasteiger partial charge in [0.1, 0.15) is 11.5 Å². The molecule has 2 rings (SSSR count). The van der Waals surface area contributed by atoms with Gasteiger partial charge in [0, 0.05) is 17.7 Å². The van der Waals surface area contributed by atoms with Crippen molar-refractivity contribution in [3.05, 3.63) is 52.7 Å². The van der Waals surface area contributed by atoms with Crippen LogP contribution in [-0.2, 0) is 11.2 Å². The zero-order valence-electron chi connectivity index (χ0n) is 20.9. The van der Waals surface area contributed by atoms with Crippen molar-refractivity contribution in [1.82, 2.24) is 4.98 Å². The Bertz CT molecular complexity index is 1040. The summed E-state index contributed by atoms with van der Waals surface area (Å²) in [7, 11) is 0. The fourth-order valence-corrected chi connectivity index (χ4v) is 3.97. The van der Waals surface area contributed by atoms with Crippen molar-refractivity contribution >= 4 is 11.5 Å². The average molecular weight is 431 g/mol. The third-order valence-electron chi connectivity index (χ3n) is 6.40. The van der Waals surface area contributed by atoms with Gasteiger partial charge in [-0.1, -0.05) is 51.3 Å². The van der Waals surface area contributed by atoms with E-state index in [9.17, 15) is 4.79 Å². The Balaban J connectivity index is 2.47. The number of nitrogens with zero attached hydrogens (tertiary/aromatic N) is 1. The third-order valence-corrected chi connectivity index (χ3v) is 6.40. The maximum absolute atomic E-state index is 13.0. The highest BCUT2D eigenvalue weighted by atomic mass is 16.1. The van der Waals surface area contributed by atoms with Gasteiger partial charge >= 0.3 is 0 Å². The van der Waals surface area contributed by atoms with Crippen LogP contribution in [0.1, 0.15) is 95.5 Å². The molecular weight excluding hydrogens is 392 g/mol. The molecule has 0 aliphatic rings. The van der Waals surface area contributed by atoms with E-state index in [1.807, 2.05) is 33.8 Å². The van der Waals surface area contributed by atoms with Crippen molar-refractivity contribution in [3.63, 3.8) is 0 Å². The van der Waals surface area contributed by atoms with Crippen LogP contribution >= 0.6 is 0 Å². The average Bonchev–Trinajstić information content (AvgIpc) is 2.78. The molecule has 1 aromatic carbocycles. The molecule has 0 bridgehead atoms. The van der Waals surface area contributed by atoms with Crippen LogP contribution in [0.5, 0.6) is 0 Å². The van der Waals surface area contributed by atoms with Gasteiger partial charge in [0.05, 0.1) is 11.1 Å². The lowest BCUT2D eigenvalue weighted by Gasteiger charge is -2.25. The van der Waals surface area contributed by atoms with E-state index < -0.39 is 5.41 Å². The maximum atomic E-state index is 13.0. The van der Waals surface area contributed by atoms with Crippen LogP contribution in [-0.4, -0.2) is 16.5 Å². The number of ketones is 1. The molecule has 170 valence electrons. The Hall–Kier alpha value is -2.73.